The number of H-pyrrole nitrogens is 1. The molecule has 0 spiro atoms. The van der Waals surface area contributed by atoms with E-state index in [0.717, 1.165) is 50.3 Å². The maximum atomic E-state index is 14.5. The molecule has 4 rings (SSSR count). The van der Waals surface area contributed by atoms with Crippen LogP contribution in [0.4, 0.5) is 14.6 Å². The first-order chi connectivity index (χ1) is 15.5. The molecule has 0 aliphatic carbocycles. The van der Waals surface area contributed by atoms with E-state index in [4.69, 9.17) is 16.3 Å². The summed E-state index contributed by atoms with van der Waals surface area (Å²) >= 11 is 5.80. The largest absolute Gasteiger partial charge is 0.493 e. The quantitative estimate of drug-likeness (QED) is 0.453. The molecule has 6 nitrogen and oxygen atoms in total. The number of aromatic amines is 1. The van der Waals surface area contributed by atoms with Crippen molar-refractivity contribution in [1.29, 1.82) is 0 Å². The van der Waals surface area contributed by atoms with Crippen LogP contribution in [0.3, 0.4) is 0 Å². The first-order valence-corrected chi connectivity index (χ1v) is 11.3. The summed E-state index contributed by atoms with van der Waals surface area (Å²) < 4.78 is 34.6. The van der Waals surface area contributed by atoms with Crippen molar-refractivity contribution in [3.63, 3.8) is 0 Å². The number of nitrogens with zero attached hydrogens (tertiary/aromatic N) is 4. The van der Waals surface area contributed by atoms with Gasteiger partial charge in [-0.1, -0.05) is 18.5 Å². The van der Waals surface area contributed by atoms with Gasteiger partial charge in [-0.2, -0.15) is 0 Å². The molecule has 0 amide bonds. The van der Waals surface area contributed by atoms with E-state index in [0.29, 0.717) is 24.1 Å². The zero-order valence-corrected chi connectivity index (χ0v) is 18.7. The summed E-state index contributed by atoms with van der Waals surface area (Å²) in [6.07, 6.45) is 9.53. The molecule has 0 saturated carbocycles. The molecule has 1 aliphatic rings. The van der Waals surface area contributed by atoms with Crippen molar-refractivity contribution in [3.05, 3.63) is 53.2 Å². The molecule has 1 N–H and O–H groups in total. The minimum Gasteiger partial charge on any atom is -0.493 e. The number of nitrogens with one attached hydrogen (secondary N) is 1. The fraction of sp³-hybridized carbons (Fsp3) is 0.435. The van der Waals surface area contributed by atoms with Gasteiger partial charge in [-0.25, -0.2) is 23.7 Å². The molecule has 0 unspecified atom stereocenters. The maximum absolute atomic E-state index is 14.5. The first kappa shape index (κ1) is 22.5. The fourth-order valence-corrected chi connectivity index (χ4v) is 4.10. The van der Waals surface area contributed by atoms with Crippen LogP contribution in [-0.4, -0.2) is 39.6 Å². The molecule has 1 aromatic carbocycles. The molecule has 170 valence electrons. The highest BCUT2D eigenvalue weighted by atomic mass is 35.5. The molecule has 32 heavy (non-hydrogen) atoms. The number of aromatic nitrogens is 4. The number of rotatable bonds is 8. The number of imidazole rings is 1. The van der Waals surface area contributed by atoms with Gasteiger partial charge in [0.15, 0.2) is 0 Å². The number of halogens is 3. The second kappa shape index (κ2) is 10.3. The Morgan fingerprint density at radius 1 is 1.09 bits per heavy atom. The average molecular weight is 462 g/mol. The van der Waals surface area contributed by atoms with Crippen LogP contribution in [0.1, 0.15) is 38.3 Å². The van der Waals surface area contributed by atoms with Crippen LogP contribution in [0.25, 0.3) is 11.4 Å². The Morgan fingerprint density at radius 3 is 2.47 bits per heavy atom. The minimum atomic E-state index is -0.685. The van der Waals surface area contributed by atoms with E-state index >= 15 is 0 Å². The van der Waals surface area contributed by atoms with E-state index in [1.807, 2.05) is 6.92 Å². The Bertz CT molecular complexity index is 1010. The molecule has 0 atom stereocenters. The summed E-state index contributed by atoms with van der Waals surface area (Å²) in [5.74, 6) is 0.465. The van der Waals surface area contributed by atoms with Gasteiger partial charge < -0.3 is 14.6 Å². The third-order valence-electron chi connectivity index (χ3n) is 5.83. The van der Waals surface area contributed by atoms with Crippen molar-refractivity contribution in [1.82, 2.24) is 19.9 Å². The molecule has 0 bridgehead atoms. The number of ether oxygens (including phenoxy) is 1. The van der Waals surface area contributed by atoms with E-state index in [-0.39, 0.29) is 17.1 Å². The van der Waals surface area contributed by atoms with E-state index in [1.165, 1.54) is 12.1 Å². The number of hydrogen-bond acceptors (Lipinski definition) is 5. The van der Waals surface area contributed by atoms with E-state index in [1.54, 1.807) is 18.6 Å². The normalized spacial score (nSPS) is 14.7. The highest BCUT2D eigenvalue weighted by Crippen LogP contribution is 2.29. The van der Waals surface area contributed by atoms with Crippen LogP contribution in [0.2, 0.25) is 5.15 Å². The Balaban J connectivity index is 1.23. The zero-order chi connectivity index (χ0) is 22.5. The highest BCUT2D eigenvalue weighted by Gasteiger charge is 2.20. The lowest BCUT2D eigenvalue weighted by molar-refractivity contribution is 0.277. The second-order valence-electron chi connectivity index (χ2n) is 7.99. The Hall–Kier alpha value is -2.74. The van der Waals surface area contributed by atoms with E-state index in [9.17, 15) is 8.78 Å². The summed E-state index contributed by atoms with van der Waals surface area (Å²) in [7, 11) is 0. The van der Waals surface area contributed by atoms with Gasteiger partial charge >= 0.3 is 0 Å². The van der Waals surface area contributed by atoms with Crippen molar-refractivity contribution in [3.8, 4) is 17.1 Å². The van der Waals surface area contributed by atoms with Gasteiger partial charge in [0.1, 0.15) is 34.2 Å². The van der Waals surface area contributed by atoms with Crippen LogP contribution in [0.5, 0.6) is 5.75 Å². The summed E-state index contributed by atoms with van der Waals surface area (Å²) in [4.78, 5) is 17.6. The molecule has 1 fully saturated rings. The number of benzene rings is 1. The summed E-state index contributed by atoms with van der Waals surface area (Å²) in [6, 6.07) is 2.44. The Morgan fingerprint density at radius 2 is 1.84 bits per heavy atom. The second-order valence-corrected chi connectivity index (χ2v) is 8.38. The third-order valence-corrected chi connectivity index (χ3v) is 6.03. The molecular weight excluding hydrogens is 436 g/mol. The lowest BCUT2D eigenvalue weighted by Gasteiger charge is -2.32. The third kappa shape index (κ3) is 5.35. The van der Waals surface area contributed by atoms with Gasteiger partial charge in [0.2, 0.25) is 0 Å². The van der Waals surface area contributed by atoms with Crippen LogP contribution in [-0.2, 0) is 6.42 Å². The van der Waals surface area contributed by atoms with Crippen molar-refractivity contribution in [2.45, 2.75) is 39.0 Å². The molecular formula is C23H26ClF2N5O. The molecule has 3 heterocycles. The summed E-state index contributed by atoms with van der Waals surface area (Å²) in [5, 5.41) is 0.393. The van der Waals surface area contributed by atoms with Gasteiger partial charge in [0.25, 0.3) is 0 Å². The molecule has 0 radical (unpaired) electrons. The lowest BCUT2D eigenvalue weighted by atomic mass is 9.92. The van der Waals surface area contributed by atoms with Crippen LogP contribution in [0, 0.1) is 17.6 Å². The molecule has 1 aliphatic heterocycles. The lowest BCUT2D eigenvalue weighted by Crippen LogP contribution is -2.34. The average Bonchev–Trinajstić information content (AvgIpc) is 3.26. The topological polar surface area (TPSA) is 66.9 Å². The molecule has 3 aromatic rings. The van der Waals surface area contributed by atoms with Crippen LogP contribution < -0.4 is 9.64 Å². The van der Waals surface area contributed by atoms with Crippen molar-refractivity contribution >= 4 is 17.4 Å². The molecule has 1 saturated heterocycles. The van der Waals surface area contributed by atoms with Gasteiger partial charge in [-0.15, -0.1) is 0 Å². The standard InChI is InChI=1S/C23H26ClF2N5O/c1-2-16-12-29-23(30-16)22-18(25)10-17(11-19(22)26)32-9-3-4-15-5-7-31(8-6-15)21-14-27-20(24)13-28-21/h10-15H,2-9H2,1H3,(H,29,30). The molecule has 2 aromatic heterocycles. The van der Waals surface area contributed by atoms with Gasteiger partial charge in [0.05, 0.1) is 24.6 Å². The predicted molar refractivity (Wildman–Crippen MR) is 120 cm³/mol. The monoisotopic (exact) mass is 461 g/mol. The van der Waals surface area contributed by atoms with Crippen molar-refractivity contribution < 1.29 is 13.5 Å². The number of anilines is 1. The Labute approximate surface area is 191 Å². The van der Waals surface area contributed by atoms with E-state index < -0.39 is 11.6 Å². The smallest absolute Gasteiger partial charge is 0.147 e. The molecule has 9 heteroatoms. The van der Waals surface area contributed by atoms with E-state index in [2.05, 4.69) is 24.8 Å². The van der Waals surface area contributed by atoms with Crippen molar-refractivity contribution in [2.24, 2.45) is 5.92 Å². The van der Waals surface area contributed by atoms with Crippen LogP contribution in [0.15, 0.2) is 30.7 Å². The number of aryl methyl sites for hydroxylation is 1. The fourth-order valence-electron chi connectivity index (χ4n) is 4.01. The predicted octanol–water partition coefficient (Wildman–Crippen LogP) is 5.44. The number of piperidine rings is 1. The number of hydrogen-bond donors (Lipinski definition) is 1. The van der Waals surface area contributed by atoms with Gasteiger partial charge in [-0.3, -0.25) is 0 Å². The minimum absolute atomic E-state index is 0.158. The first-order valence-electron chi connectivity index (χ1n) is 10.9. The summed E-state index contributed by atoms with van der Waals surface area (Å²) in [6.45, 7) is 4.21. The zero-order valence-electron chi connectivity index (χ0n) is 18.0. The van der Waals surface area contributed by atoms with Gasteiger partial charge in [-0.05, 0) is 38.0 Å². The Kier molecular flexibility index (Phi) is 7.19. The van der Waals surface area contributed by atoms with Crippen molar-refractivity contribution in [2.75, 3.05) is 24.6 Å². The maximum Gasteiger partial charge on any atom is 0.147 e. The van der Waals surface area contributed by atoms with Crippen LogP contribution >= 0.6 is 11.6 Å². The SMILES string of the molecule is CCc1cnc(-c2c(F)cc(OCCCC3CCN(c4cnc(Cl)cn4)CC3)cc2F)[nH]1. The summed E-state index contributed by atoms with van der Waals surface area (Å²) in [5.41, 5.74) is 0.667. The van der Waals surface area contributed by atoms with Gasteiger partial charge in [0, 0.05) is 37.1 Å². The highest BCUT2D eigenvalue weighted by molar-refractivity contribution is 6.29.